The minimum atomic E-state index is -0.417. The van der Waals surface area contributed by atoms with E-state index in [1.807, 2.05) is 42.1 Å². The van der Waals surface area contributed by atoms with Gasteiger partial charge in [-0.3, -0.25) is 0 Å². The normalized spacial score (nSPS) is 12.8. The maximum atomic E-state index is 11.7. The van der Waals surface area contributed by atoms with E-state index < -0.39 is 6.09 Å². The predicted molar refractivity (Wildman–Crippen MR) is 148 cm³/mol. The first-order valence-electron chi connectivity index (χ1n) is 14.8. The van der Waals surface area contributed by atoms with E-state index in [1.165, 1.54) is 84.2 Å². The highest BCUT2D eigenvalue weighted by molar-refractivity contribution is 5.67. The van der Waals surface area contributed by atoms with Crippen LogP contribution in [0.2, 0.25) is 0 Å². The number of ether oxygens (including phenoxy) is 2. The predicted octanol–water partition coefficient (Wildman–Crippen LogP) is 6.92. The molecule has 0 bridgehead atoms. The molecule has 214 valence electrons. The molecule has 0 spiro atoms. The van der Waals surface area contributed by atoms with Gasteiger partial charge in [-0.25, -0.2) is 19.1 Å². The molecule has 1 heterocycles. The largest absolute Gasteiger partial charge is 0.453 e. The van der Waals surface area contributed by atoms with Crippen molar-refractivity contribution < 1.29 is 28.6 Å². The van der Waals surface area contributed by atoms with Gasteiger partial charge in [0.05, 0.1) is 25.9 Å². The van der Waals surface area contributed by atoms with Crippen molar-refractivity contribution >= 4 is 6.09 Å². The number of amides is 1. The molecule has 1 rings (SSSR count). The zero-order chi connectivity index (χ0) is 26.8. The summed E-state index contributed by atoms with van der Waals surface area (Å²) in [4.78, 5) is 22.2. The first-order chi connectivity index (χ1) is 18.2. The Morgan fingerprint density at radius 1 is 0.757 bits per heavy atom. The number of nitrogens with one attached hydrogen (secondary N) is 1. The first kappa shape index (κ1) is 33.3. The van der Waals surface area contributed by atoms with Gasteiger partial charge in [-0.1, -0.05) is 96.5 Å². The van der Waals surface area contributed by atoms with Crippen molar-refractivity contribution in [1.29, 1.82) is 0 Å². The molecular formula is C30H55N2O5+. The zero-order valence-electron chi connectivity index (χ0n) is 24.0. The number of carbonyl (C=O) groups excluding carboxylic acids is 1. The Morgan fingerprint density at radius 3 is 1.92 bits per heavy atom. The third-order valence-corrected chi connectivity index (χ3v) is 6.68. The maximum Gasteiger partial charge on any atom is 0.407 e. The monoisotopic (exact) mass is 523 g/mol. The minimum Gasteiger partial charge on any atom is -0.453 e. The molecule has 0 fully saturated rings. The number of carbonyl (C=O) groups is 1. The zero-order valence-corrected chi connectivity index (χ0v) is 24.0. The van der Waals surface area contributed by atoms with Gasteiger partial charge >= 0.3 is 6.09 Å². The van der Waals surface area contributed by atoms with Gasteiger partial charge < -0.3 is 14.8 Å². The van der Waals surface area contributed by atoms with Gasteiger partial charge in [0.15, 0.2) is 18.9 Å². The number of unbranched alkanes of at least 4 members (excludes halogenated alkanes) is 12. The first-order valence-corrected chi connectivity index (χ1v) is 14.8. The van der Waals surface area contributed by atoms with Gasteiger partial charge in [-0.05, 0) is 19.8 Å². The second kappa shape index (κ2) is 24.6. The Hall–Kier alpha value is -1.70. The molecular weight excluding hydrogens is 468 g/mol. The molecule has 7 nitrogen and oxygen atoms in total. The van der Waals surface area contributed by atoms with E-state index in [9.17, 15) is 4.79 Å². The van der Waals surface area contributed by atoms with Crippen molar-refractivity contribution in [1.82, 2.24) is 5.32 Å². The Balaban J connectivity index is 2.10. The topological polar surface area (TPSA) is 69.9 Å². The van der Waals surface area contributed by atoms with E-state index in [1.54, 1.807) is 0 Å². The fraction of sp³-hybridized carbons (Fsp3) is 0.800. The minimum absolute atomic E-state index is 0.0396. The number of rotatable bonds is 25. The number of aromatic nitrogens is 1. The third kappa shape index (κ3) is 20.0. The number of alkyl carbamates (subject to hydrolysis) is 1. The molecule has 37 heavy (non-hydrogen) atoms. The fourth-order valence-corrected chi connectivity index (χ4v) is 4.38. The summed E-state index contributed by atoms with van der Waals surface area (Å²) in [6, 6.07) is 5.86. The van der Waals surface area contributed by atoms with Crippen molar-refractivity contribution in [3.8, 4) is 0 Å². The smallest absolute Gasteiger partial charge is 0.407 e. The highest BCUT2D eigenvalue weighted by Gasteiger charge is 2.20. The lowest BCUT2D eigenvalue weighted by Gasteiger charge is -2.25. The summed E-state index contributed by atoms with van der Waals surface area (Å²) in [6.45, 7) is 6.53. The van der Waals surface area contributed by atoms with E-state index in [0.29, 0.717) is 19.8 Å². The van der Waals surface area contributed by atoms with E-state index in [2.05, 4.69) is 12.2 Å². The fourth-order valence-electron chi connectivity index (χ4n) is 4.38. The van der Waals surface area contributed by atoms with Crippen molar-refractivity contribution in [2.24, 2.45) is 0 Å². The average molecular weight is 524 g/mol. The quantitative estimate of drug-likeness (QED) is 0.0652. The van der Waals surface area contributed by atoms with Crippen LogP contribution in [0.15, 0.2) is 30.6 Å². The summed E-state index contributed by atoms with van der Waals surface area (Å²) >= 11 is 0. The highest BCUT2D eigenvalue weighted by Crippen LogP contribution is 2.15. The van der Waals surface area contributed by atoms with E-state index in [0.717, 1.165) is 25.8 Å². The number of methoxy groups -OCH3 is 1. The molecule has 0 aromatic carbocycles. The summed E-state index contributed by atoms with van der Waals surface area (Å²) in [5.41, 5.74) is 0. The standard InChI is InChI=1S/C30H54N2O5/c1-4-5-6-7-8-9-10-11-12-13-14-15-17-21-29(28(2)31-30(33)34-3)35-25-20-26-36-37-27-24-32-22-18-16-19-23-32/h16,18-19,22-23,28-29H,4-15,17,20-21,24-27H2,1-3H3/p+1. The van der Waals surface area contributed by atoms with Crippen molar-refractivity contribution in [3.05, 3.63) is 30.6 Å². The van der Waals surface area contributed by atoms with Crippen LogP contribution in [0.3, 0.4) is 0 Å². The SMILES string of the molecule is CCCCCCCCCCCCCCCC(OCCCOOCC[n+]1ccccc1)C(C)NC(=O)OC. The second-order valence-corrected chi connectivity index (χ2v) is 9.98. The van der Waals surface area contributed by atoms with Crippen molar-refractivity contribution in [3.63, 3.8) is 0 Å². The van der Waals surface area contributed by atoms with Gasteiger partial charge in [0.2, 0.25) is 0 Å². The molecule has 2 atom stereocenters. The van der Waals surface area contributed by atoms with E-state index in [4.69, 9.17) is 19.2 Å². The van der Waals surface area contributed by atoms with Gasteiger partial charge in [-0.2, -0.15) is 0 Å². The molecule has 0 saturated carbocycles. The molecule has 0 aliphatic carbocycles. The van der Waals surface area contributed by atoms with Crippen LogP contribution in [0.4, 0.5) is 4.79 Å². The summed E-state index contributed by atoms with van der Waals surface area (Å²) in [6.07, 6.45) is 22.6. The number of hydrogen-bond donors (Lipinski definition) is 1. The van der Waals surface area contributed by atoms with Gasteiger partial charge in [-0.15, -0.1) is 0 Å². The summed E-state index contributed by atoms with van der Waals surface area (Å²) in [7, 11) is 1.39. The Kier molecular flexibility index (Phi) is 22.2. The van der Waals surface area contributed by atoms with Crippen LogP contribution in [0.25, 0.3) is 0 Å². The molecule has 7 heteroatoms. The summed E-state index contributed by atoms with van der Waals surface area (Å²) in [5, 5.41) is 2.87. The Bertz CT molecular complexity index is 632. The molecule has 1 amide bonds. The van der Waals surface area contributed by atoms with Gasteiger partial charge in [0.25, 0.3) is 0 Å². The number of pyridine rings is 1. The van der Waals surface area contributed by atoms with Crippen LogP contribution in [0, 0.1) is 0 Å². The van der Waals surface area contributed by atoms with Crippen molar-refractivity contribution in [2.45, 2.75) is 129 Å². The van der Waals surface area contributed by atoms with Crippen LogP contribution in [-0.4, -0.2) is 45.2 Å². The Labute approximate surface area is 226 Å². The van der Waals surface area contributed by atoms with Gasteiger partial charge in [0, 0.05) is 18.7 Å². The van der Waals surface area contributed by atoms with Crippen LogP contribution in [0.5, 0.6) is 0 Å². The van der Waals surface area contributed by atoms with E-state index >= 15 is 0 Å². The second-order valence-electron chi connectivity index (χ2n) is 9.98. The molecule has 1 N–H and O–H groups in total. The molecule has 0 aliphatic rings. The Morgan fingerprint density at radius 2 is 1.32 bits per heavy atom. The average Bonchev–Trinajstić information content (AvgIpc) is 2.91. The molecule has 1 aromatic heterocycles. The lowest BCUT2D eigenvalue weighted by Crippen LogP contribution is -2.42. The lowest BCUT2D eigenvalue weighted by atomic mass is 10.0. The summed E-state index contributed by atoms with van der Waals surface area (Å²) in [5.74, 6) is 0. The van der Waals surface area contributed by atoms with Gasteiger partial charge in [0.1, 0.15) is 6.61 Å². The maximum absolute atomic E-state index is 11.7. The third-order valence-electron chi connectivity index (χ3n) is 6.68. The van der Waals surface area contributed by atoms with Crippen LogP contribution in [0.1, 0.15) is 110 Å². The number of nitrogens with zero attached hydrogens (tertiary/aromatic N) is 1. The highest BCUT2D eigenvalue weighted by atomic mass is 17.2. The van der Waals surface area contributed by atoms with Crippen molar-refractivity contribution in [2.75, 3.05) is 26.9 Å². The molecule has 0 aliphatic heterocycles. The summed E-state index contributed by atoms with van der Waals surface area (Å²) < 4.78 is 12.9. The van der Waals surface area contributed by atoms with Crippen LogP contribution >= 0.6 is 0 Å². The number of hydrogen-bond acceptors (Lipinski definition) is 5. The molecule has 0 saturated heterocycles. The molecule has 1 aromatic rings. The van der Waals surface area contributed by atoms with Crippen LogP contribution < -0.4 is 9.88 Å². The van der Waals surface area contributed by atoms with Crippen LogP contribution in [-0.2, 0) is 25.8 Å². The van der Waals surface area contributed by atoms with E-state index in [-0.39, 0.29) is 12.1 Å². The molecule has 0 radical (unpaired) electrons. The lowest BCUT2D eigenvalue weighted by molar-refractivity contribution is -0.701. The molecule has 2 unspecified atom stereocenters.